The Bertz CT molecular complexity index is 195. The van der Waals surface area contributed by atoms with Crippen molar-refractivity contribution < 1.29 is 21.7 Å². The van der Waals surface area contributed by atoms with Crippen LogP contribution in [0.5, 0.6) is 0 Å². The molecule has 0 saturated heterocycles. The van der Waals surface area contributed by atoms with Crippen molar-refractivity contribution in [3.05, 3.63) is 41.8 Å². The van der Waals surface area contributed by atoms with E-state index in [1.165, 1.54) is 24.0 Å². The largest absolute Gasteiger partial charge is 0.189 e. The van der Waals surface area contributed by atoms with Gasteiger partial charge in [0, 0.05) is 21.7 Å². The molecule has 2 rings (SSSR count). The second kappa shape index (κ2) is 3.27. The maximum atomic E-state index is 2.30. The van der Waals surface area contributed by atoms with Crippen LogP contribution in [0.15, 0.2) is 24.3 Å². The predicted molar refractivity (Wildman–Crippen MR) is 38.2 cm³/mol. The molecule has 0 aromatic heterocycles. The van der Waals surface area contributed by atoms with E-state index in [2.05, 4.69) is 30.7 Å². The van der Waals surface area contributed by atoms with Crippen molar-refractivity contribution in [3.8, 4) is 0 Å². The standard InChI is InChI=1S/C9H9.Ti/c1-2-5-9-7-3-6-8(9)4-1;/h1-2,4-6H,3,7H2;/q-1;. The first kappa shape index (κ1) is 7.91. The summed E-state index contributed by atoms with van der Waals surface area (Å²) in [6, 6.07) is 8.60. The predicted octanol–water partition coefficient (Wildman–Crippen LogP) is 2.18. The van der Waals surface area contributed by atoms with Crippen molar-refractivity contribution in [1.29, 1.82) is 0 Å². The summed E-state index contributed by atoms with van der Waals surface area (Å²) in [7, 11) is 0. The molecule has 50 valence electrons. The monoisotopic (exact) mass is 165 g/mol. The Morgan fingerprint density at radius 1 is 1.20 bits per heavy atom. The zero-order valence-electron chi connectivity index (χ0n) is 5.80. The molecule has 0 bridgehead atoms. The molecule has 1 aliphatic carbocycles. The van der Waals surface area contributed by atoms with Crippen LogP contribution < -0.4 is 0 Å². The first-order valence-electron chi connectivity index (χ1n) is 3.38. The van der Waals surface area contributed by atoms with Gasteiger partial charge in [0.15, 0.2) is 0 Å². The minimum atomic E-state index is 0. The third-order valence-corrected chi connectivity index (χ3v) is 1.83. The van der Waals surface area contributed by atoms with Gasteiger partial charge in [-0.1, -0.05) is 18.9 Å². The van der Waals surface area contributed by atoms with Gasteiger partial charge in [-0.2, -0.15) is 18.1 Å². The third-order valence-electron chi connectivity index (χ3n) is 1.83. The number of hydrogen-bond acceptors (Lipinski definition) is 0. The van der Waals surface area contributed by atoms with E-state index >= 15 is 0 Å². The molecule has 0 N–H and O–H groups in total. The van der Waals surface area contributed by atoms with Gasteiger partial charge in [0.1, 0.15) is 0 Å². The van der Waals surface area contributed by atoms with Gasteiger partial charge in [-0.3, -0.25) is 0 Å². The number of benzene rings is 1. The maximum Gasteiger partial charge on any atom is 0 e. The van der Waals surface area contributed by atoms with E-state index in [1.54, 1.807) is 0 Å². The van der Waals surface area contributed by atoms with Gasteiger partial charge in [0.2, 0.25) is 0 Å². The van der Waals surface area contributed by atoms with Gasteiger partial charge >= 0.3 is 0 Å². The fraction of sp³-hybridized carbons (Fsp3) is 0.222. The topological polar surface area (TPSA) is 0 Å². The number of aryl methyl sites for hydroxylation is 1. The fourth-order valence-corrected chi connectivity index (χ4v) is 1.34. The molecule has 0 radical (unpaired) electrons. The summed E-state index contributed by atoms with van der Waals surface area (Å²) >= 11 is 0. The van der Waals surface area contributed by atoms with E-state index < -0.39 is 0 Å². The molecule has 0 aliphatic heterocycles. The van der Waals surface area contributed by atoms with Crippen molar-refractivity contribution in [2.24, 2.45) is 0 Å². The molecule has 1 aromatic rings. The molecule has 0 unspecified atom stereocenters. The quantitative estimate of drug-likeness (QED) is 0.408. The van der Waals surface area contributed by atoms with E-state index in [4.69, 9.17) is 0 Å². The van der Waals surface area contributed by atoms with Crippen LogP contribution in [0.1, 0.15) is 17.5 Å². The minimum Gasteiger partial charge on any atom is -0.189 e. The van der Waals surface area contributed by atoms with Crippen molar-refractivity contribution >= 4 is 0 Å². The van der Waals surface area contributed by atoms with Crippen molar-refractivity contribution in [2.45, 2.75) is 12.8 Å². The van der Waals surface area contributed by atoms with Gasteiger partial charge in [0.05, 0.1) is 0 Å². The summed E-state index contributed by atoms with van der Waals surface area (Å²) in [4.78, 5) is 0. The molecule has 0 nitrogen and oxygen atoms in total. The van der Waals surface area contributed by atoms with Crippen LogP contribution in [-0.4, -0.2) is 0 Å². The number of fused-ring (bicyclic) bond motifs is 1. The second-order valence-electron chi connectivity index (χ2n) is 2.44. The van der Waals surface area contributed by atoms with Gasteiger partial charge in [-0.15, -0.1) is 17.7 Å². The second-order valence-corrected chi connectivity index (χ2v) is 2.44. The first-order valence-corrected chi connectivity index (χ1v) is 3.38. The first-order chi connectivity index (χ1) is 4.47. The van der Waals surface area contributed by atoms with Crippen molar-refractivity contribution in [2.75, 3.05) is 0 Å². The summed E-state index contributed by atoms with van der Waals surface area (Å²) in [5.41, 5.74) is 2.95. The zero-order chi connectivity index (χ0) is 6.10. The van der Waals surface area contributed by atoms with E-state index in [-0.39, 0.29) is 21.7 Å². The smallest absolute Gasteiger partial charge is 0 e. The van der Waals surface area contributed by atoms with Crippen LogP contribution in [0.4, 0.5) is 0 Å². The number of rotatable bonds is 0. The molecule has 1 aromatic carbocycles. The van der Waals surface area contributed by atoms with E-state index in [0.717, 1.165) is 0 Å². The van der Waals surface area contributed by atoms with Crippen LogP contribution in [0, 0.1) is 6.42 Å². The summed E-state index contributed by atoms with van der Waals surface area (Å²) in [5.74, 6) is 0. The summed E-state index contributed by atoms with van der Waals surface area (Å²) in [5, 5.41) is 0. The average molecular weight is 165 g/mol. The molecule has 0 heterocycles. The third kappa shape index (κ3) is 1.28. The maximum absolute atomic E-state index is 2.30. The molecule has 0 amide bonds. The molecule has 10 heavy (non-hydrogen) atoms. The Labute approximate surface area is 76.5 Å². The summed E-state index contributed by atoms with van der Waals surface area (Å²) in [6.07, 6.45) is 4.78. The fourth-order valence-electron chi connectivity index (χ4n) is 1.34. The van der Waals surface area contributed by atoms with Crippen LogP contribution in [0.3, 0.4) is 0 Å². The molecule has 0 saturated carbocycles. The Morgan fingerprint density at radius 3 is 2.80 bits per heavy atom. The van der Waals surface area contributed by atoms with E-state index in [0.29, 0.717) is 0 Å². The molecule has 0 fully saturated rings. The Hall–Kier alpha value is -0.196. The molecule has 0 spiro atoms. The Morgan fingerprint density at radius 2 is 2.00 bits per heavy atom. The number of hydrogen-bond donors (Lipinski definition) is 0. The van der Waals surface area contributed by atoms with Crippen LogP contribution in [0.25, 0.3) is 0 Å². The average Bonchev–Trinajstić information content (AvgIpc) is 2.33. The van der Waals surface area contributed by atoms with Crippen molar-refractivity contribution in [1.82, 2.24) is 0 Å². The zero-order valence-corrected chi connectivity index (χ0v) is 7.36. The minimum absolute atomic E-state index is 0. The SMILES string of the molecule is [Ti].c1ccc2c(c1)[CH-]CC2. The Balaban J connectivity index is 0.000000500. The van der Waals surface area contributed by atoms with E-state index in [1.807, 2.05) is 0 Å². The molecule has 1 heteroatoms. The van der Waals surface area contributed by atoms with Gasteiger partial charge in [-0.25, -0.2) is 0 Å². The van der Waals surface area contributed by atoms with Crippen LogP contribution in [0.2, 0.25) is 0 Å². The molecule has 1 aliphatic rings. The van der Waals surface area contributed by atoms with Crippen LogP contribution >= 0.6 is 0 Å². The van der Waals surface area contributed by atoms with Crippen molar-refractivity contribution in [3.63, 3.8) is 0 Å². The van der Waals surface area contributed by atoms with Gasteiger partial charge in [-0.05, 0) is 0 Å². The normalized spacial score (nSPS) is 13.2. The molecular formula is C9H9Ti-. The molecular weight excluding hydrogens is 156 g/mol. The van der Waals surface area contributed by atoms with Gasteiger partial charge < -0.3 is 0 Å². The van der Waals surface area contributed by atoms with Gasteiger partial charge in [0.25, 0.3) is 0 Å². The summed E-state index contributed by atoms with van der Waals surface area (Å²) in [6.45, 7) is 0. The van der Waals surface area contributed by atoms with Crippen LogP contribution in [-0.2, 0) is 28.1 Å². The Kier molecular flexibility index (Phi) is 2.59. The summed E-state index contributed by atoms with van der Waals surface area (Å²) < 4.78 is 0. The molecule has 0 atom stereocenters. The van der Waals surface area contributed by atoms with E-state index in [9.17, 15) is 0 Å².